The zero-order chi connectivity index (χ0) is 23.2. The number of halogens is 1. The summed E-state index contributed by atoms with van der Waals surface area (Å²) in [5.74, 6) is -0.337. The third-order valence-corrected chi connectivity index (χ3v) is 6.33. The van der Waals surface area contributed by atoms with Crippen LogP contribution in [0.5, 0.6) is 0 Å². The molecule has 33 heavy (non-hydrogen) atoms. The number of anilines is 1. The number of hydrogen-bond donors (Lipinski definition) is 2. The normalized spacial score (nSPS) is 15.5. The van der Waals surface area contributed by atoms with E-state index in [1.807, 2.05) is 6.07 Å². The third-order valence-electron chi connectivity index (χ3n) is 6.00. The fraction of sp³-hybridized carbons (Fsp3) is 0.208. The van der Waals surface area contributed by atoms with Gasteiger partial charge in [-0.25, -0.2) is 9.98 Å². The Morgan fingerprint density at radius 2 is 2.00 bits per heavy atom. The predicted molar refractivity (Wildman–Crippen MR) is 122 cm³/mol. The molecule has 1 aliphatic heterocycles. The van der Waals surface area contributed by atoms with Gasteiger partial charge in [0.2, 0.25) is 5.91 Å². The van der Waals surface area contributed by atoms with Crippen molar-refractivity contribution >= 4 is 46.4 Å². The van der Waals surface area contributed by atoms with E-state index in [4.69, 9.17) is 21.8 Å². The van der Waals surface area contributed by atoms with E-state index in [-0.39, 0.29) is 23.9 Å². The number of amides is 2. The van der Waals surface area contributed by atoms with Gasteiger partial charge in [0.25, 0.3) is 5.91 Å². The van der Waals surface area contributed by atoms with Crippen molar-refractivity contribution in [1.29, 1.82) is 0 Å². The van der Waals surface area contributed by atoms with Crippen LogP contribution in [0.4, 0.5) is 11.5 Å². The van der Waals surface area contributed by atoms with E-state index in [2.05, 4.69) is 15.3 Å². The van der Waals surface area contributed by atoms with Crippen molar-refractivity contribution in [1.82, 2.24) is 4.98 Å². The van der Waals surface area contributed by atoms with Gasteiger partial charge in [0, 0.05) is 40.9 Å². The van der Waals surface area contributed by atoms with E-state index in [0.717, 1.165) is 5.56 Å². The largest absolute Gasteiger partial charge is 0.459 e. The second-order valence-electron chi connectivity index (χ2n) is 8.23. The highest BCUT2D eigenvalue weighted by Gasteiger charge is 2.54. The second kappa shape index (κ2) is 7.97. The van der Waals surface area contributed by atoms with Gasteiger partial charge in [-0.1, -0.05) is 11.6 Å². The molecule has 5 rings (SSSR count). The topological polar surface area (TPSA) is 128 Å². The Kier molecular flexibility index (Phi) is 5.09. The summed E-state index contributed by atoms with van der Waals surface area (Å²) in [5, 5.41) is 3.27. The molecule has 0 saturated heterocycles. The molecule has 1 saturated carbocycles. The lowest BCUT2D eigenvalue weighted by Gasteiger charge is -2.10. The van der Waals surface area contributed by atoms with Crippen LogP contribution in [0.2, 0.25) is 5.02 Å². The number of carbonyl (C=O) groups excluding carboxylic acids is 3. The minimum absolute atomic E-state index is 0.105. The number of nitrogens with two attached hydrogens (primary N) is 1. The Morgan fingerprint density at radius 3 is 2.70 bits per heavy atom. The molecule has 2 amide bonds. The van der Waals surface area contributed by atoms with Gasteiger partial charge in [-0.05, 0) is 54.8 Å². The highest BCUT2D eigenvalue weighted by atomic mass is 35.5. The number of rotatable bonds is 7. The molecule has 1 aromatic carbocycles. The molecule has 2 aliphatic rings. The van der Waals surface area contributed by atoms with Crippen molar-refractivity contribution in [2.75, 3.05) is 5.32 Å². The molecule has 0 radical (unpaired) electrons. The first-order valence-corrected chi connectivity index (χ1v) is 10.8. The molecule has 1 fully saturated rings. The van der Waals surface area contributed by atoms with Crippen LogP contribution in [0.25, 0.3) is 0 Å². The summed E-state index contributed by atoms with van der Waals surface area (Å²) >= 11 is 6.42. The number of nitrogens with zero attached hydrogens (tertiary/aromatic N) is 2. The fourth-order valence-electron chi connectivity index (χ4n) is 3.95. The number of aliphatic imine (C=N–C) groups is 1. The molecule has 8 nitrogen and oxygen atoms in total. The Morgan fingerprint density at radius 1 is 1.18 bits per heavy atom. The van der Waals surface area contributed by atoms with Crippen molar-refractivity contribution in [3.05, 3.63) is 76.3 Å². The average Bonchev–Trinajstić information content (AvgIpc) is 3.23. The number of carbonyl (C=O) groups is 3. The van der Waals surface area contributed by atoms with E-state index in [1.54, 1.807) is 36.5 Å². The molecular weight excluding hydrogens is 444 g/mol. The maximum atomic E-state index is 12.6. The lowest BCUT2D eigenvalue weighted by molar-refractivity contribution is -0.133. The fourth-order valence-corrected chi connectivity index (χ4v) is 4.18. The summed E-state index contributed by atoms with van der Waals surface area (Å²) in [4.78, 5) is 45.4. The quantitative estimate of drug-likeness (QED) is 0.518. The van der Waals surface area contributed by atoms with Crippen LogP contribution in [0.15, 0.2) is 58.3 Å². The molecule has 2 aromatic heterocycles. The van der Waals surface area contributed by atoms with Crippen LogP contribution < -0.4 is 11.1 Å². The van der Waals surface area contributed by atoms with Crippen molar-refractivity contribution in [2.45, 2.75) is 25.7 Å². The zero-order valence-electron chi connectivity index (χ0n) is 17.4. The second-order valence-corrected chi connectivity index (χ2v) is 8.64. The van der Waals surface area contributed by atoms with Crippen LogP contribution in [0.3, 0.4) is 0 Å². The number of primary amides is 1. The van der Waals surface area contributed by atoms with Crippen LogP contribution in [0.1, 0.15) is 40.1 Å². The zero-order valence-corrected chi connectivity index (χ0v) is 18.2. The number of Topliss-reactive ketones (excluding diaryl/α,β-unsaturated/α-hetero) is 1. The Balaban J connectivity index is 1.33. The number of ketones is 1. The van der Waals surface area contributed by atoms with Gasteiger partial charge in [-0.15, -0.1) is 0 Å². The highest BCUT2D eigenvalue weighted by molar-refractivity contribution is 6.34. The summed E-state index contributed by atoms with van der Waals surface area (Å²) in [6.45, 7) is 0. The van der Waals surface area contributed by atoms with Gasteiger partial charge in [0.15, 0.2) is 17.4 Å². The predicted octanol–water partition coefficient (Wildman–Crippen LogP) is 3.63. The number of benzene rings is 1. The van der Waals surface area contributed by atoms with Gasteiger partial charge in [0.1, 0.15) is 5.41 Å². The number of hydrogen-bond acceptors (Lipinski definition) is 6. The maximum Gasteiger partial charge on any atom is 0.291 e. The average molecular weight is 463 g/mol. The Hall–Kier alpha value is -3.78. The summed E-state index contributed by atoms with van der Waals surface area (Å²) < 4.78 is 5.12. The first kappa shape index (κ1) is 21.1. The molecule has 3 aromatic rings. The Labute approximate surface area is 193 Å². The summed E-state index contributed by atoms with van der Waals surface area (Å²) in [6, 6.07) is 10.2. The standard InChI is InChI=1S/C24H19ClN4O4/c25-17-4-3-15(28-22(31)19-2-1-7-33-19)11-16(17)18-10-14-8-13(12-27-21(14)29-18)9-20(30)24(5-6-24)23(26)32/h1-4,7-8,11-12H,5-6,9-10H2,(H2,26,32)(H,28,31). The maximum absolute atomic E-state index is 12.6. The first-order valence-electron chi connectivity index (χ1n) is 10.4. The molecule has 0 spiro atoms. The minimum Gasteiger partial charge on any atom is -0.459 e. The van der Waals surface area contributed by atoms with Crippen LogP contribution in [-0.2, 0) is 22.4 Å². The molecular formula is C24H19ClN4O4. The number of nitrogens with one attached hydrogen (secondary N) is 1. The SMILES string of the molecule is NC(=O)C1(C(=O)Cc2cnc3c(c2)CC(c2cc(NC(=O)c4ccco4)ccc2Cl)=N3)CC1. The van der Waals surface area contributed by atoms with E-state index >= 15 is 0 Å². The molecule has 0 bridgehead atoms. The van der Waals surface area contributed by atoms with Crippen LogP contribution in [0, 0.1) is 5.41 Å². The van der Waals surface area contributed by atoms with E-state index < -0.39 is 11.3 Å². The lowest BCUT2D eigenvalue weighted by atomic mass is 9.94. The lowest BCUT2D eigenvalue weighted by Crippen LogP contribution is -2.33. The monoisotopic (exact) mass is 462 g/mol. The van der Waals surface area contributed by atoms with E-state index in [0.29, 0.717) is 52.6 Å². The molecule has 166 valence electrons. The third kappa shape index (κ3) is 3.93. The molecule has 3 heterocycles. The molecule has 9 heteroatoms. The van der Waals surface area contributed by atoms with Gasteiger partial charge >= 0.3 is 0 Å². The number of furan rings is 1. The summed E-state index contributed by atoms with van der Waals surface area (Å²) in [5.41, 5.74) is 7.91. The van der Waals surface area contributed by atoms with Crippen molar-refractivity contribution in [2.24, 2.45) is 16.1 Å². The minimum atomic E-state index is -1.01. The van der Waals surface area contributed by atoms with Crippen LogP contribution >= 0.6 is 11.6 Å². The summed E-state index contributed by atoms with van der Waals surface area (Å²) in [7, 11) is 0. The molecule has 0 atom stereocenters. The molecule has 3 N–H and O–H groups in total. The van der Waals surface area contributed by atoms with E-state index in [9.17, 15) is 14.4 Å². The first-order chi connectivity index (χ1) is 15.9. The van der Waals surface area contributed by atoms with Gasteiger partial charge < -0.3 is 15.5 Å². The number of pyridine rings is 1. The number of aromatic nitrogens is 1. The van der Waals surface area contributed by atoms with Gasteiger partial charge in [0.05, 0.1) is 12.0 Å². The van der Waals surface area contributed by atoms with E-state index in [1.165, 1.54) is 6.26 Å². The summed E-state index contributed by atoms with van der Waals surface area (Å²) in [6.07, 6.45) is 4.63. The molecule has 0 unspecified atom stereocenters. The van der Waals surface area contributed by atoms with Crippen LogP contribution in [-0.4, -0.2) is 28.3 Å². The van der Waals surface area contributed by atoms with Gasteiger partial charge in [-0.3, -0.25) is 14.4 Å². The molecule has 1 aliphatic carbocycles. The van der Waals surface area contributed by atoms with Crippen molar-refractivity contribution in [3.63, 3.8) is 0 Å². The Bertz CT molecular complexity index is 1330. The van der Waals surface area contributed by atoms with Gasteiger partial charge in [-0.2, -0.15) is 0 Å². The van der Waals surface area contributed by atoms with Crippen molar-refractivity contribution < 1.29 is 18.8 Å². The smallest absolute Gasteiger partial charge is 0.291 e. The van der Waals surface area contributed by atoms with Crippen molar-refractivity contribution in [3.8, 4) is 0 Å². The highest BCUT2D eigenvalue weighted by Crippen LogP contribution is 2.47. The number of fused-ring (bicyclic) bond motifs is 1.